The zero-order valence-electron chi connectivity index (χ0n) is 12.9. The van der Waals surface area contributed by atoms with Gasteiger partial charge in [0, 0.05) is 34.9 Å². The average molecular weight is 347 g/mol. The molecule has 112 valence electrons. The molecule has 21 heavy (non-hydrogen) atoms. The number of hydrogen-bond donors (Lipinski definition) is 1. The van der Waals surface area contributed by atoms with Crippen molar-refractivity contribution in [2.75, 3.05) is 6.54 Å². The first kappa shape index (κ1) is 16.2. The molecular weight excluding hydrogens is 324 g/mol. The zero-order chi connectivity index (χ0) is 15.3. The van der Waals surface area contributed by atoms with Crippen LogP contribution in [0.25, 0.3) is 0 Å². The fraction of sp³-hybridized carbons (Fsp3) is 0.389. The highest BCUT2D eigenvalue weighted by atomic mass is 79.9. The molecule has 0 radical (unpaired) electrons. The normalized spacial score (nSPS) is 13.1. The van der Waals surface area contributed by atoms with Crippen molar-refractivity contribution < 1.29 is 0 Å². The van der Waals surface area contributed by atoms with Gasteiger partial charge in [-0.25, -0.2) is 0 Å². The molecule has 2 aromatic rings. The Morgan fingerprint density at radius 2 is 1.86 bits per heavy atom. The second kappa shape index (κ2) is 7.19. The third-order valence-electron chi connectivity index (χ3n) is 3.39. The number of pyridine rings is 1. The summed E-state index contributed by atoms with van der Waals surface area (Å²) in [6.45, 7) is 7.57. The van der Waals surface area contributed by atoms with E-state index in [1.54, 1.807) is 0 Å². The molecule has 0 fully saturated rings. The highest BCUT2D eigenvalue weighted by Crippen LogP contribution is 2.22. The van der Waals surface area contributed by atoms with Crippen LogP contribution in [-0.4, -0.2) is 17.1 Å². The SMILES string of the molecule is CC(C)(C)NCC(Cc1cncc(Br)c1)c1ccccc1. The summed E-state index contributed by atoms with van der Waals surface area (Å²) in [4.78, 5) is 4.27. The van der Waals surface area contributed by atoms with Gasteiger partial charge in [-0.15, -0.1) is 0 Å². The number of aromatic nitrogens is 1. The lowest BCUT2D eigenvalue weighted by molar-refractivity contribution is 0.405. The van der Waals surface area contributed by atoms with Gasteiger partial charge in [0.05, 0.1) is 0 Å². The molecule has 2 rings (SSSR count). The molecule has 3 heteroatoms. The van der Waals surface area contributed by atoms with Crippen LogP contribution in [0.2, 0.25) is 0 Å². The van der Waals surface area contributed by atoms with Gasteiger partial charge in [0.15, 0.2) is 0 Å². The highest BCUT2D eigenvalue weighted by Gasteiger charge is 2.16. The fourth-order valence-electron chi connectivity index (χ4n) is 2.31. The van der Waals surface area contributed by atoms with Crippen LogP contribution in [0.15, 0.2) is 53.3 Å². The van der Waals surface area contributed by atoms with Crippen LogP contribution in [0.5, 0.6) is 0 Å². The topological polar surface area (TPSA) is 24.9 Å². The van der Waals surface area contributed by atoms with E-state index in [2.05, 4.69) is 83.4 Å². The van der Waals surface area contributed by atoms with Crippen molar-refractivity contribution in [1.82, 2.24) is 10.3 Å². The Morgan fingerprint density at radius 1 is 1.14 bits per heavy atom. The largest absolute Gasteiger partial charge is 0.311 e. The van der Waals surface area contributed by atoms with Crippen LogP contribution in [0.3, 0.4) is 0 Å². The van der Waals surface area contributed by atoms with E-state index in [4.69, 9.17) is 0 Å². The molecule has 0 saturated carbocycles. The van der Waals surface area contributed by atoms with Crippen LogP contribution in [0.4, 0.5) is 0 Å². The summed E-state index contributed by atoms with van der Waals surface area (Å²) in [5.74, 6) is 0.446. The first-order valence-corrected chi connectivity index (χ1v) is 8.13. The van der Waals surface area contributed by atoms with Crippen molar-refractivity contribution in [3.63, 3.8) is 0 Å². The third-order valence-corrected chi connectivity index (χ3v) is 3.83. The van der Waals surface area contributed by atoms with Gasteiger partial charge in [-0.1, -0.05) is 30.3 Å². The first-order chi connectivity index (χ1) is 9.94. The number of benzene rings is 1. The molecule has 1 heterocycles. The van der Waals surface area contributed by atoms with E-state index in [1.165, 1.54) is 11.1 Å². The predicted molar refractivity (Wildman–Crippen MR) is 92.6 cm³/mol. The molecule has 0 bridgehead atoms. The van der Waals surface area contributed by atoms with Crippen molar-refractivity contribution in [3.05, 3.63) is 64.4 Å². The van der Waals surface area contributed by atoms with Gasteiger partial charge in [0.2, 0.25) is 0 Å². The maximum Gasteiger partial charge on any atom is 0.0410 e. The summed E-state index contributed by atoms with van der Waals surface area (Å²) >= 11 is 3.50. The van der Waals surface area contributed by atoms with Gasteiger partial charge >= 0.3 is 0 Å². The van der Waals surface area contributed by atoms with E-state index in [9.17, 15) is 0 Å². The smallest absolute Gasteiger partial charge is 0.0410 e. The lowest BCUT2D eigenvalue weighted by Gasteiger charge is -2.26. The molecule has 1 N–H and O–H groups in total. The third kappa shape index (κ3) is 5.60. The van der Waals surface area contributed by atoms with Gasteiger partial charge in [0.25, 0.3) is 0 Å². The molecule has 1 aromatic carbocycles. The second-order valence-corrected chi connectivity index (χ2v) is 7.37. The highest BCUT2D eigenvalue weighted by molar-refractivity contribution is 9.10. The minimum Gasteiger partial charge on any atom is -0.311 e. The number of halogens is 1. The van der Waals surface area contributed by atoms with Gasteiger partial charge in [-0.2, -0.15) is 0 Å². The van der Waals surface area contributed by atoms with E-state index in [1.807, 2.05) is 12.4 Å². The van der Waals surface area contributed by atoms with Gasteiger partial charge < -0.3 is 5.32 Å². The summed E-state index contributed by atoms with van der Waals surface area (Å²) in [5, 5.41) is 3.62. The Hall–Kier alpha value is -1.19. The maximum absolute atomic E-state index is 4.27. The summed E-state index contributed by atoms with van der Waals surface area (Å²) in [5.41, 5.74) is 2.76. The van der Waals surface area contributed by atoms with E-state index in [0.717, 1.165) is 17.4 Å². The summed E-state index contributed by atoms with van der Waals surface area (Å²) in [6.07, 6.45) is 4.77. The lowest BCUT2D eigenvalue weighted by Crippen LogP contribution is -2.39. The molecule has 2 nitrogen and oxygen atoms in total. The molecule has 0 amide bonds. The molecule has 0 aliphatic carbocycles. The van der Waals surface area contributed by atoms with Gasteiger partial charge in [-0.3, -0.25) is 4.98 Å². The van der Waals surface area contributed by atoms with E-state index in [-0.39, 0.29) is 5.54 Å². The van der Waals surface area contributed by atoms with E-state index >= 15 is 0 Å². The van der Waals surface area contributed by atoms with Crippen molar-refractivity contribution in [3.8, 4) is 0 Å². The quantitative estimate of drug-likeness (QED) is 0.858. The number of hydrogen-bond acceptors (Lipinski definition) is 2. The number of rotatable bonds is 5. The Kier molecular flexibility index (Phi) is 5.54. The van der Waals surface area contributed by atoms with Gasteiger partial charge in [0.1, 0.15) is 0 Å². The fourth-order valence-corrected chi connectivity index (χ4v) is 2.73. The van der Waals surface area contributed by atoms with Crippen LogP contribution in [-0.2, 0) is 6.42 Å². The minimum atomic E-state index is 0.128. The molecule has 1 atom stereocenters. The van der Waals surface area contributed by atoms with Crippen LogP contribution in [0, 0.1) is 0 Å². The monoisotopic (exact) mass is 346 g/mol. The van der Waals surface area contributed by atoms with Gasteiger partial charge in [-0.05, 0) is 60.3 Å². The maximum atomic E-state index is 4.27. The molecule has 0 saturated heterocycles. The summed E-state index contributed by atoms with van der Waals surface area (Å²) < 4.78 is 1.04. The Balaban J connectivity index is 2.16. The van der Waals surface area contributed by atoms with Crippen LogP contribution >= 0.6 is 15.9 Å². The minimum absolute atomic E-state index is 0.128. The van der Waals surface area contributed by atoms with Crippen LogP contribution in [0.1, 0.15) is 37.8 Å². The van der Waals surface area contributed by atoms with Crippen LogP contribution < -0.4 is 5.32 Å². The molecular formula is C18H23BrN2. The Bertz CT molecular complexity index is 561. The molecule has 1 aromatic heterocycles. The predicted octanol–water partition coefficient (Wildman–Crippen LogP) is 4.56. The Labute approximate surface area is 136 Å². The average Bonchev–Trinajstić information content (AvgIpc) is 2.43. The summed E-state index contributed by atoms with van der Waals surface area (Å²) in [7, 11) is 0. The second-order valence-electron chi connectivity index (χ2n) is 6.45. The van der Waals surface area contributed by atoms with Crippen molar-refractivity contribution in [1.29, 1.82) is 0 Å². The lowest BCUT2D eigenvalue weighted by atomic mass is 9.91. The van der Waals surface area contributed by atoms with E-state index in [0.29, 0.717) is 5.92 Å². The molecule has 0 aliphatic rings. The standard InChI is InChI=1S/C18H23BrN2/c1-18(2,3)21-12-16(15-7-5-4-6-8-15)9-14-10-17(19)13-20-11-14/h4-8,10-11,13,16,21H,9,12H2,1-3H3. The van der Waals surface area contributed by atoms with E-state index < -0.39 is 0 Å². The number of nitrogens with zero attached hydrogens (tertiary/aromatic N) is 1. The zero-order valence-corrected chi connectivity index (χ0v) is 14.5. The van der Waals surface area contributed by atoms with Crippen molar-refractivity contribution >= 4 is 15.9 Å². The van der Waals surface area contributed by atoms with Crippen molar-refractivity contribution in [2.45, 2.75) is 38.6 Å². The Morgan fingerprint density at radius 3 is 2.48 bits per heavy atom. The first-order valence-electron chi connectivity index (χ1n) is 7.33. The molecule has 0 aliphatic heterocycles. The summed E-state index contributed by atoms with van der Waals surface area (Å²) in [6, 6.07) is 12.9. The molecule has 1 unspecified atom stereocenters. The molecule has 0 spiro atoms. The number of nitrogens with one attached hydrogen (secondary N) is 1. The van der Waals surface area contributed by atoms with Crippen molar-refractivity contribution in [2.24, 2.45) is 0 Å².